The fraction of sp³-hybridized carbons (Fsp3) is 0.391. The first kappa shape index (κ1) is 20.5. The van der Waals surface area contributed by atoms with E-state index in [0.717, 1.165) is 16.8 Å². The Hall–Kier alpha value is -2.80. The van der Waals surface area contributed by atoms with Gasteiger partial charge in [0.05, 0.1) is 12.6 Å². The Morgan fingerprint density at radius 2 is 2.00 bits per heavy atom. The minimum atomic E-state index is -1.03. The third-order valence-corrected chi connectivity index (χ3v) is 6.15. The Bertz CT molecular complexity index is 1010. The first-order valence-corrected chi connectivity index (χ1v) is 10.5. The molecule has 2 aromatic rings. The number of aryl methyl sites for hydroxylation is 1. The smallest absolute Gasteiger partial charge is 0.233 e. The highest BCUT2D eigenvalue weighted by atomic mass is 32.1. The molecule has 1 saturated heterocycles. The highest BCUT2D eigenvalue weighted by molar-refractivity contribution is 7.80. The number of benzene rings is 2. The predicted molar refractivity (Wildman–Crippen MR) is 121 cm³/mol. The van der Waals surface area contributed by atoms with Crippen LogP contribution in [0.2, 0.25) is 0 Å². The van der Waals surface area contributed by atoms with Gasteiger partial charge in [-0.1, -0.05) is 30.3 Å². The van der Waals surface area contributed by atoms with E-state index in [9.17, 15) is 4.79 Å². The molecule has 2 aromatic carbocycles. The lowest BCUT2D eigenvalue weighted by Gasteiger charge is -2.56. The Morgan fingerprint density at radius 1 is 1.27 bits per heavy atom. The number of para-hydroxylation sites is 2. The van der Waals surface area contributed by atoms with Gasteiger partial charge in [0.2, 0.25) is 5.91 Å². The molecule has 3 atom stereocenters. The molecule has 0 spiro atoms. The van der Waals surface area contributed by atoms with Gasteiger partial charge < -0.3 is 19.7 Å². The molecule has 1 amide bonds. The number of carbonyl (C=O) groups excluding carboxylic acids is 1. The zero-order valence-corrected chi connectivity index (χ0v) is 18.7. The van der Waals surface area contributed by atoms with Crippen LogP contribution in [0.1, 0.15) is 31.0 Å². The van der Waals surface area contributed by atoms with Gasteiger partial charge in [-0.15, -0.1) is 0 Å². The van der Waals surface area contributed by atoms with Gasteiger partial charge in [-0.25, -0.2) is 0 Å². The molecular weight excluding hydrogens is 398 g/mol. The Morgan fingerprint density at radius 3 is 2.67 bits per heavy atom. The average Bonchev–Trinajstić information content (AvgIpc) is 2.69. The molecule has 158 valence electrons. The van der Waals surface area contributed by atoms with Crippen molar-refractivity contribution in [3.05, 3.63) is 53.6 Å². The van der Waals surface area contributed by atoms with E-state index in [4.69, 9.17) is 21.7 Å². The number of thiocarbonyl (C=S) groups is 1. The van der Waals surface area contributed by atoms with Crippen molar-refractivity contribution in [1.82, 2.24) is 10.2 Å². The Labute approximate surface area is 182 Å². The maximum atomic E-state index is 13.4. The number of fused-ring (bicyclic) bond motifs is 4. The van der Waals surface area contributed by atoms with Crippen molar-refractivity contribution in [1.29, 1.82) is 0 Å². The summed E-state index contributed by atoms with van der Waals surface area (Å²) < 4.78 is 12.5. The van der Waals surface area contributed by atoms with Gasteiger partial charge >= 0.3 is 0 Å². The summed E-state index contributed by atoms with van der Waals surface area (Å²) in [5.74, 6) is 0.788. The molecule has 0 aromatic heterocycles. The summed E-state index contributed by atoms with van der Waals surface area (Å²) in [7, 11) is 3.54. The average molecular weight is 426 g/mol. The fourth-order valence-electron chi connectivity index (χ4n) is 4.47. The maximum absolute atomic E-state index is 13.4. The summed E-state index contributed by atoms with van der Waals surface area (Å²) in [6, 6.07) is 13.4. The molecule has 7 heteroatoms. The van der Waals surface area contributed by atoms with Crippen LogP contribution in [-0.2, 0) is 4.79 Å². The van der Waals surface area contributed by atoms with Crippen molar-refractivity contribution in [3.8, 4) is 11.5 Å². The number of ether oxygens (including phenoxy) is 2. The van der Waals surface area contributed by atoms with Crippen LogP contribution in [0.15, 0.2) is 42.5 Å². The third-order valence-electron chi connectivity index (χ3n) is 5.85. The quantitative estimate of drug-likeness (QED) is 0.755. The van der Waals surface area contributed by atoms with Crippen molar-refractivity contribution in [2.75, 3.05) is 25.6 Å². The number of amides is 1. The molecule has 6 nitrogen and oxygen atoms in total. The first-order chi connectivity index (χ1) is 14.3. The number of carbonyl (C=O) groups is 1. The molecule has 1 fully saturated rings. The van der Waals surface area contributed by atoms with Gasteiger partial charge in [-0.3, -0.25) is 9.69 Å². The Kier molecular flexibility index (Phi) is 5.10. The zero-order valence-electron chi connectivity index (χ0n) is 17.9. The number of hydrogen-bond donors (Lipinski definition) is 1. The molecule has 2 bridgehead atoms. The van der Waals surface area contributed by atoms with Gasteiger partial charge in [-0.2, -0.15) is 0 Å². The number of anilines is 1. The van der Waals surface area contributed by atoms with Crippen LogP contribution in [0.25, 0.3) is 0 Å². The van der Waals surface area contributed by atoms with Gasteiger partial charge in [0, 0.05) is 25.3 Å². The van der Waals surface area contributed by atoms with Gasteiger partial charge in [-0.05, 0) is 50.7 Å². The largest absolute Gasteiger partial charge is 0.490 e. The molecular formula is C23H27N3O3S. The minimum absolute atomic E-state index is 0.0245. The maximum Gasteiger partial charge on any atom is 0.233 e. The summed E-state index contributed by atoms with van der Waals surface area (Å²) >= 11 is 5.79. The molecule has 30 heavy (non-hydrogen) atoms. The molecule has 2 aliphatic heterocycles. The standard InChI is InChI=1S/C23H27N3O3S/c1-6-28-17-13-9-11-15-19-18(21(27)25(4)5)23(3,29-20(15)17)26(22(30)24-19)16-12-8-7-10-14(16)2/h7-13,18-19H,6H2,1-5H3,(H,24,30)/t18-,19+,23+/m1/s1. The van der Waals surface area contributed by atoms with Crippen molar-refractivity contribution >= 4 is 28.9 Å². The molecule has 0 saturated carbocycles. The highest BCUT2D eigenvalue weighted by Crippen LogP contribution is 2.52. The number of nitrogens with zero attached hydrogens (tertiary/aromatic N) is 2. The van der Waals surface area contributed by atoms with Crippen molar-refractivity contribution in [2.24, 2.45) is 5.92 Å². The van der Waals surface area contributed by atoms with Crippen molar-refractivity contribution < 1.29 is 14.3 Å². The monoisotopic (exact) mass is 425 g/mol. The molecule has 0 unspecified atom stereocenters. The van der Waals surface area contributed by atoms with Gasteiger partial charge in [0.1, 0.15) is 5.92 Å². The highest BCUT2D eigenvalue weighted by Gasteiger charge is 2.60. The second-order valence-corrected chi connectivity index (χ2v) is 8.41. The normalized spacial score (nSPS) is 24.4. The van der Waals surface area contributed by atoms with E-state index in [1.54, 1.807) is 19.0 Å². The lowest BCUT2D eigenvalue weighted by molar-refractivity contribution is -0.144. The van der Waals surface area contributed by atoms with E-state index >= 15 is 0 Å². The number of rotatable bonds is 4. The van der Waals surface area contributed by atoms with Crippen LogP contribution >= 0.6 is 12.2 Å². The van der Waals surface area contributed by atoms with E-state index in [2.05, 4.69) is 5.32 Å². The van der Waals surface area contributed by atoms with Crippen LogP contribution < -0.4 is 19.7 Å². The second kappa shape index (κ2) is 7.47. The van der Waals surface area contributed by atoms with Crippen LogP contribution in [0.5, 0.6) is 11.5 Å². The summed E-state index contributed by atoms with van der Waals surface area (Å²) in [5, 5.41) is 3.97. The molecule has 0 radical (unpaired) electrons. The number of hydrogen-bond acceptors (Lipinski definition) is 4. The van der Waals surface area contributed by atoms with Crippen molar-refractivity contribution in [3.63, 3.8) is 0 Å². The van der Waals surface area contributed by atoms with E-state index in [1.165, 1.54) is 0 Å². The summed E-state index contributed by atoms with van der Waals surface area (Å²) in [6.45, 7) is 6.43. The molecule has 0 aliphatic carbocycles. The van der Waals surface area contributed by atoms with Crippen LogP contribution in [-0.4, -0.2) is 42.3 Å². The summed E-state index contributed by atoms with van der Waals surface area (Å²) in [5.41, 5.74) is 1.81. The number of nitrogens with one attached hydrogen (secondary N) is 1. The van der Waals surface area contributed by atoms with Crippen LogP contribution in [0, 0.1) is 12.8 Å². The molecule has 4 rings (SSSR count). The summed E-state index contributed by atoms with van der Waals surface area (Å²) in [4.78, 5) is 17.0. The lowest BCUT2D eigenvalue weighted by atomic mass is 9.78. The van der Waals surface area contributed by atoms with E-state index < -0.39 is 11.6 Å². The van der Waals surface area contributed by atoms with E-state index in [1.807, 2.05) is 68.1 Å². The van der Waals surface area contributed by atoms with Gasteiger partial charge in [0.15, 0.2) is 22.3 Å². The third kappa shape index (κ3) is 2.99. The lowest BCUT2D eigenvalue weighted by Crippen LogP contribution is -2.72. The van der Waals surface area contributed by atoms with Crippen molar-refractivity contribution in [2.45, 2.75) is 32.5 Å². The van der Waals surface area contributed by atoms with Crippen LogP contribution in [0.3, 0.4) is 0 Å². The molecule has 2 aliphatic rings. The van der Waals surface area contributed by atoms with E-state index in [-0.39, 0.29) is 11.9 Å². The minimum Gasteiger partial charge on any atom is -0.490 e. The predicted octanol–water partition coefficient (Wildman–Crippen LogP) is 3.64. The van der Waals surface area contributed by atoms with Gasteiger partial charge in [0.25, 0.3) is 0 Å². The molecule has 1 N–H and O–H groups in total. The van der Waals surface area contributed by atoms with E-state index in [0.29, 0.717) is 23.2 Å². The first-order valence-electron chi connectivity index (χ1n) is 10.1. The molecule has 2 heterocycles. The summed E-state index contributed by atoms with van der Waals surface area (Å²) in [6.07, 6.45) is 0. The van der Waals surface area contributed by atoms with Crippen LogP contribution in [0.4, 0.5) is 5.69 Å². The zero-order chi connectivity index (χ0) is 21.6. The second-order valence-electron chi connectivity index (χ2n) is 8.02. The Balaban J connectivity index is 1.95. The fourth-order valence-corrected chi connectivity index (χ4v) is 4.88. The SMILES string of the molecule is CCOc1cccc2c1O[C@@]1(C)[C@@H](C(=O)N(C)C)[C@H]2NC(=S)N1c1ccccc1C. The topological polar surface area (TPSA) is 54.0 Å².